The predicted molar refractivity (Wildman–Crippen MR) is 59.2 cm³/mol. The number of hydrogen-bond donors (Lipinski definition) is 4. The molecule has 4 N–H and O–H groups in total. The normalized spacial score (nSPS) is 10.5. The summed E-state index contributed by atoms with van der Waals surface area (Å²) in [6, 6.07) is 6.57. The van der Waals surface area contributed by atoms with Gasteiger partial charge in [-0.15, -0.1) is 0 Å². The second kappa shape index (κ2) is 4.18. The lowest BCUT2D eigenvalue weighted by atomic mass is 9.78. The highest BCUT2D eigenvalue weighted by Gasteiger charge is 2.23. The smallest absolute Gasteiger partial charge is 0.422 e. The molecule has 0 bridgehead atoms. The van der Waals surface area contributed by atoms with Crippen molar-refractivity contribution in [3.8, 4) is 0 Å². The molecule has 0 unspecified atom stereocenters. The van der Waals surface area contributed by atoms with Gasteiger partial charge in [-0.1, -0.05) is 24.3 Å². The summed E-state index contributed by atoms with van der Waals surface area (Å²) in [5.74, 6) is 0. The third-order valence-corrected chi connectivity index (χ3v) is 2.23. The molecule has 16 heavy (non-hydrogen) atoms. The van der Waals surface area contributed by atoms with Crippen LogP contribution in [0.4, 0.5) is 0 Å². The zero-order chi connectivity index (χ0) is 11.7. The second-order valence-electron chi connectivity index (χ2n) is 3.26. The summed E-state index contributed by atoms with van der Waals surface area (Å²) in [6.07, 6.45) is 0. The molecule has 0 amide bonds. The van der Waals surface area contributed by atoms with Crippen molar-refractivity contribution >= 4 is 36.2 Å². The van der Waals surface area contributed by atoms with Crippen molar-refractivity contribution in [3.05, 3.63) is 24.3 Å². The van der Waals surface area contributed by atoms with Gasteiger partial charge >= 0.3 is 14.2 Å². The van der Waals surface area contributed by atoms with Crippen LogP contribution in [-0.2, 0) is 0 Å². The molecule has 2 aromatic rings. The van der Waals surface area contributed by atoms with Crippen molar-refractivity contribution in [2.75, 3.05) is 0 Å². The standard InChI is InChI=1S/C8H8B2N2O4/c13-9(14)7-5-3-1-2-4-6(5)8(10(15)16)12-11-7/h1-4,13-16H. The van der Waals surface area contributed by atoms with Gasteiger partial charge in [0.25, 0.3) is 0 Å². The van der Waals surface area contributed by atoms with Crippen LogP contribution in [0.3, 0.4) is 0 Å². The molecule has 80 valence electrons. The molecule has 0 saturated carbocycles. The summed E-state index contributed by atoms with van der Waals surface area (Å²) in [5, 5.41) is 44.3. The average molecular weight is 218 g/mol. The van der Waals surface area contributed by atoms with E-state index in [0.29, 0.717) is 10.8 Å². The van der Waals surface area contributed by atoms with Gasteiger partial charge in [-0.3, -0.25) is 0 Å². The number of benzene rings is 1. The lowest BCUT2D eigenvalue weighted by Crippen LogP contribution is -2.41. The Morgan fingerprint density at radius 3 is 1.44 bits per heavy atom. The molecular formula is C8H8B2N2O4. The fourth-order valence-electron chi connectivity index (χ4n) is 1.53. The molecule has 0 aliphatic rings. The third kappa shape index (κ3) is 1.79. The SMILES string of the molecule is OB(O)c1nnc(B(O)O)c2ccccc12. The van der Waals surface area contributed by atoms with Crippen LogP contribution >= 0.6 is 0 Å². The fourth-order valence-corrected chi connectivity index (χ4v) is 1.53. The highest BCUT2D eigenvalue weighted by atomic mass is 16.4. The molecule has 0 atom stereocenters. The molecule has 1 aromatic heterocycles. The predicted octanol–water partition coefficient (Wildman–Crippen LogP) is -3.01. The first-order valence-electron chi connectivity index (χ1n) is 4.58. The Bertz CT molecular complexity index is 474. The Kier molecular flexibility index (Phi) is 2.88. The van der Waals surface area contributed by atoms with Crippen LogP contribution in [0.15, 0.2) is 24.3 Å². The zero-order valence-corrected chi connectivity index (χ0v) is 8.15. The van der Waals surface area contributed by atoms with E-state index in [1.807, 2.05) is 0 Å². The molecule has 0 aliphatic heterocycles. The Labute approximate surface area is 91.5 Å². The van der Waals surface area contributed by atoms with Gasteiger partial charge in [0.15, 0.2) is 0 Å². The Morgan fingerprint density at radius 2 is 1.12 bits per heavy atom. The molecule has 0 spiro atoms. The van der Waals surface area contributed by atoms with Gasteiger partial charge in [-0.05, 0) is 0 Å². The van der Waals surface area contributed by atoms with E-state index < -0.39 is 14.2 Å². The minimum atomic E-state index is -1.75. The number of hydrogen-bond acceptors (Lipinski definition) is 6. The minimum Gasteiger partial charge on any atom is -0.422 e. The van der Waals surface area contributed by atoms with Crippen molar-refractivity contribution in [1.29, 1.82) is 0 Å². The van der Waals surface area contributed by atoms with Crippen LogP contribution in [0.5, 0.6) is 0 Å². The first-order valence-corrected chi connectivity index (χ1v) is 4.58. The average Bonchev–Trinajstić information content (AvgIpc) is 2.27. The lowest BCUT2D eigenvalue weighted by Gasteiger charge is -2.07. The highest BCUT2D eigenvalue weighted by molar-refractivity contribution is 6.64. The summed E-state index contributed by atoms with van der Waals surface area (Å²) in [7, 11) is -3.50. The summed E-state index contributed by atoms with van der Waals surface area (Å²) in [5.41, 5.74) is -0.0278. The van der Waals surface area contributed by atoms with Crippen molar-refractivity contribution in [3.63, 3.8) is 0 Å². The van der Waals surface area contributed by atoms with Gasteiger partial charge in [0.05, 0.1) is 0 Å². The van der Waals surface area contributed by atoms with Crippen LogP contribution in [0.2, 0.25) is 0 Å². The van der Waals surface area contributed by atoms with E-state index in [9.17, 15) is 0 Å². The maximum atomic E-state index is 9.08. The van der Waals surface area contributed by atoms with E-state index in [1.165, 1.54) is 0 Å². The summed E-state index contributed by atoms with van der Waals surface area (Å²) in [4.78, 5) is 0. The lowest BCUT2D eigenvalue weighted by molar-refractivity contribution is 0.421. The van der Waals surface area contributed by atoms with Crippen molar-refractivity contribution in [2.24, 2.45) is 0 Å². The van der Waals surface area contributed by atoms with E-state index in [2.05, 4.69) is 10.2 Å². The molecule has 1 aromatic carbocycles. The molecule has 6 nitrogen and oxygen atoms in total. The first kappa shape index (κ1) is 11.0. The fraction of sp³-hybridized carbons (Fsp3) is 0. The third-order valence-electron chi connectivity index (χ3n) is 2.23. The van der Waals surface area contributed by atoms with Crippen LogP contribution < -0.4 is 11.2 Å². The van der Waals surface area contributed by atoms with E-state index in [-0.39, 0.29) is 11.2 Å². The molecule has 0 fully saturated rings. The molecule has 8 heteroatoms. The van der Waals surface area contributed by atoms with Gasteiger partial charge in [-0.2, -0.15) is 10.2 Å². The number of nitrogens with zero attached hydrogens (tertiary/aromatic N) is 2. The summed E-state index contributed by atoms with van der Waals surface area (Å²) >= 11 is 0. The minimum absolute atomic E-state index is 0.0139. The van der Waals surface area contributed by atoms with E-state index >= 15 is 0 Å². The van der Waals surface area contributed by atoms with Crippen molar-refractivity contribution in [2.45, 2.75) is 0 Å². The molecule has 0 radical (unpaired) electrons. The first-order chi connectivity index (χ1) is 7.61. The molecular weight excluding hydrogens is 210 g/mol. The van der Waals surface area contributed by atoms with Gasteiger partial charge in [0.1, 0.15) is 11.2 Å². The van der Waals surface area contributed by atoms with Crippen molar-refractivity contribution in [1.82, 2.24) is 10.2 Å². The van der Waals surface area contributed by atoms with Crippen LogP contribution in [0.1, 0.15) is 0 Å². The van der Waals surface area contributed by atoms with E-state index in [4.69, 9.17) is 20.1 Å². The molecule has 1 heterocycles. The molecule has 0 saturated heterocycles. The van der Waals surface area contributed by atoms with Gasteiger partial charge < -0.3 is 20.1 Å². The highest BCUT2D eigenvalue weighted by Crippen LogP contribution is 2.07. The van der Waals surface area contributed by atoms with Gasteiger partial charge in [0.2, 0.25) is 0 Å². The molecule has 2 rings (SSSR count). The van der Waals surface area contributed by atoms with E-state index in [1.54, 1.807) is 24.3 Å². The number of rotatable bonds is 2. The summed E-state index contributed by atoms with van der Waals surface area (Å²) < 4.78 is 0. The second-order valence-corrected chi connectivity index (χ2v) is 3.26. The van der Waals surface area contributed by atoms with E-state index in [0.717, 1.165) is 0 Å². The topological polar surface area (TPSA) is 107 Å². The monoisotopic (exact) mass is 218 g/mol. The molecule has 0 aliphatic carbocycles. The zero-order valence-electron chi connectivity index (χ0n) is 8.15. The van der Waals surface area contributed by atoms with Gasteiger partial charge in [0, 0.05) is 10.8 Å². The van der Waals surface area contributed by atoms with Gasteiger partial charge in [-0.25, -0.2) is 0 Å². The maximum Gasteiger partial charge on any atom is 0.510 e. The summed E-state index contributed by atoms with van der Waals surface area (Å²) in [6.45, 7) is 0. The Balaban J connectivity index is 2.77. The maximum absolute atomic E-state index is 9.08. The largest absolute Gasteiger partial charge is 0.510 e. The Hall–Kier alpha value is -1.47. The Morgan fingerprint density at radius 1 is 0.750 bits per heavy atom. The van der Waals surface area contributed by atoms with Crippen LogP contribution in [0, 0.1) is 0 Å². The van der Waals surface area contributed by atoms with Crippen molar-refractivity contribution < 1.29 is 20.1 Å². The van der Waals surface area contributed by atoms with Crippen LogP contribution in [0.25, 0.3) is 10.8 Å². The van der Waals surface area contributed by atoms with Crippen LogP contribution in [-0.4, -0.2) is 44.5 Å². The number of aromatic nitrogens is 2. The number of fused-ring (bicyclic) bond motifs is 1. The quantitative estimate of drug-likeness (QED) is 0.400.